The summed E-state index contributed by atoms with van der Waals surface area (Å²) in [5, 5.41) is 9.61. The minimum absolute atomic E-state index is 0.223. The maximum absolute atomic E-state index is 12.1. The van der Waals surface area contributed by atoms with Crippen molar-refractivity contribution in [2.24, 2.45) is 0 Å². The van der Waals surface area contributed by atoms with Gasteiger partial charge >= 0.3 is 0 Å². The van der Waals surface area contributed by atoms with Gasteiger partial charge in [0.1, 0.15) is 11.6 Å². The standard InChI is InChI=1S/C18H18N4O3/c1-12(13-6-3-4-7-14(13)24-2)10-17(23)19-11-16-20-18(22-21-16)15-8-5-9-25-15/h3-10H,11H2,1-2H3,(H,19,23)(H,20,21,22)/b12-10+. The molecule has 0 spiro atoms. The van der Waals surface area contributed by atoms with E-state index < -0.39 is 0 Å². The van der Waals surface area contributed by atoms with Crippen LogP contribution in [0.25, 0.3) is 17.2 Å². The molecule has 25 heavy (non-hydrogen) atoms. The number of rotatable bonds is 6. The topological polar surface area (TPSA) is 93.0 Å². The molecule has 2 aromatic heterocycles. The first-order valence-electron chi connectivity index (χ1n) is 7.72. The van der Waals surface area contributed by atoms with E-state index in [9.17, 15) is 4.79 Å². The summed E-state index contributed by atoms with van der Waals surface area (Å²) in [6, 6.07) is 11.1. The SMILES string of the molecule is COc1ccccc1/C(C)=C/C(=O)NCc1nc(-c2ccco2)n[nH]1. The van der Waals surface area contributed by atoms with Crippen LogP contribution < -0.4 is 10.1 Å². The highest BCUT2D eigenvalue weighted by Gasteiger charge is 2.09. The van der Waals surface area contributed by atoms with Gasteiger partial charge in [0.25, 0.3) is 0 Å². The fourth-order valence-corrected chi connectivity index (χ4v) is 2.36. The fourth-order valence-electron chi connectivity index (χ4n) is 2.36. The molecule has 0 bridgehead atoms. The van der Waals surface area contributed by atoms with Crippen LogP contribution in [0.2, 0.25) is 0 Å². The molecule has 3 aromatic rings. The molecule has 0 unspecified atom stereocenters. The van der Waals surface area contributed by atoms with Crippen molar-refractivity contribution in [3.63, 3.8) is 0 Å². The normalized spacial score (nSPS) is 11.4. The first kappa shape index (κ1) is 16.5. The maximum Gasteiger partial charge on any atom is 0.244 e. The number of methoxy groups -OCH3 is 1. The van der Waals surface area contributed by atoms with Gasteiger partial charge in [-0.05, 0) is 30.7 Å². The van der Waals surface area contributed by atoms with Crippen LogP contribution in [0.15, 0.2) is 53.2 Å². The lowest BCUT2D eigenvalue weighted by Crippen LogP contribution is -2.21. The van der Waals surface area contributed by atoms with Crippen molar-refractivity contribution >= 4 is 11.5 Å². The predicted molar refractivity (Wildman–Crippen MR) is 92.6 cm³/mol. The first-order valence-corrected chi connectivity index (χ1v) is 7.72. The van der Waals surface area contributed by atoms with Crippen molar-refractivity contribution in [1.82, 2.24) is 20.5 Å². The second kappa shape index (κ2) is 7.48. The second-order valence-corrected chi connectivity index (χ2v) is 5.33. The molecule has 2 heterocycles. The third-order valence-corrected chi connectivity index (χ3v) is 3.58. The number of aromatic amines is 1. The van der Waals surface area contributed by atoms with Crippen molar-refractivity contribution in [2.75, 3.05) is 7.11 Å². The Morgan fingerprint density at radius 2 is 2.16 bits per heavy atom. The molecule has 1 amide bonds. The van der Waals surface area contributed by atoms with Crippen LogP contribution in [0.4, 0.5) is 0 Å². The summed E-state index contributed by atoms with van der Waals surface area (Å²) in [6.45, 7) is 2.10. The van der Waals surface area contributed by atoms with Gasteiger partial charge in [-0.2, -0.15) is 0 Å². The van der Waals surface area contributed by atoms with Gasteiger partial charge in [-0.3, -0.25) is 9.89 Å². The highest BCUT2D eigenvalue weighted by atomic mass is 16.5. The monoisotopic (exact) mass is 338 g/mol. The summed E-state index contributed by atoms with van der Waals surface area (Å²) in [4.78, 5) is 16.4. The minimum Gasteiger partial charge on any atom is -0.496 e. The van der Waals surface area contributed by atoms with Gasteiger partial charge in [-0.1, -0.05) is 18.2 Å². The number of benzene rings is 1. The van der Waals surface area contributed by atoms with E-state index in [0.29, 0.717) is 17.4 Å². The Morgan fingerprint density at radius 1 is 1.32 bits per heavy atom. The van der Waals surface area contributed by atoms with E-state index in [1.165, 1.54) is 6.08 Å². The zero-order valence-corrected chi connectivity index (χ0v) is 13.9. The number of carbonyl (C=O) groups excluding carboxylic acids is 1. The van der Waals surface area contributed by atoms with Gasteiger partial charge in [0, 0.05) is 11.6 Å². The lowest BCUT2D eigenvalue weighted by Gasteiger charge is -2.08. The predicted octanol–water partition coefficient (Wildman–Crippen LogP) is 2.79. The summed E-state index contributed by atoms with van der Waals surface area (Å²) in [6.07, 6.45) is 3.08. The van der Waals surface area contributed by atoms with Crippen LogP contribution in [0, 0.1) is 0 Å². The van der Waals surface area contributed by atoms with E-state index in [0.717, 1.165) is 16.9 Å². The molecular weight excluding hydrogens is 320 g/mol. The average Bonchev–Trinajstić information content (AvgIpc) is 3.31. The molecule has 0 fully saturated rings. The molecule has 0 atom stereocenters. The van der Waals surface area contributed by atoms with Gasteiger partial charge in [0.15, 0.2) is 5.76 Å². The maximum atomic E-state index is 12.1. The highest BCUT2D eigenvalue weighted by molar-refractivity contribution is 5.95. The van der Waals surface area contributed by atoms with E-state index in [1.54, 1.807) is 25.5 Å². The van der Waals surface area contributed by atoms with Gasteiger partial charge in [-0.25, -0.2) is 4.98 Å². The Kier molecular flexibility index (Phi) is 4.94. The molecule has 0 saturated heterocycles. The number of hydrogen-bond acceptors (Lipinski definition) is 5. The number of nitrogens with zero attached hydrogens (tertiary/aromatic N) is 2. The van der Waals surface area contributed by atoms with E-state index >= 15 is 0 Å². The quantitative estimate of drug-likeness (QED) is 0.674. The lowest BCUT2D eigenvalue weighted by atomic mass is 10.1. The molecule has 7 nitrogen and oxygen atoms in total. The number of amides is 1. The van der Waals surface area contributed by atoms with E-state index in [2.05, 4.69) is 20.5 Å². The van der Waals surface area contributed by atoms with Gasteiger partial charge in [0.2, 0.25) is 11.7 Å². The van der Waals surface area contributed by atoms with Crippen molar-refractivity contribution < 1.29 is 13.9 Å². The number of allylic oxidation sites excluding steroid dienone is 1. The van der Waals surface area contributed by atoms with Crippen LogP contribution in [0.3, 0.4) is 0 Å². The van der Waals surface area contributed by atoms with Gasteiger partial charge in [0.05, 0.1) is 19.9 Å². The molecule has 0 aliphatic rings. The van der Waals surface area contributed by atoms with Crippen LogP contribution in [0.5, 0.6) is 5.75 Å². The number of para-hydroxylation sites is 1. The Bertz CT molecular complexity index is 881. The zero-order chi connectivity index (χ0) is 17.6. The summed E-state index contributed by atoms with van der Waals surface area (Å²) >= 11 is 0. The Labute approximate surface area is 144 Å². The van der Waals surface area contributed by atoms with Crippen LogP contribution in [0.1, 0.15) is 18.3 Å². The number of H-pyrrole nitrogens is 1. The van der Waals surface area contributed by atoms with E-state index in [1.807, 2.05) is 31.2 Å². The number of ether oxygens (including phenoxy) is 1. The summed E-state index contributed by atoms with van der Waals surface area (Å²) in [5.41, 5.74) is 1.68. The van der Waals surface area contributed by atoms with E-state index in [4.69, 9.17) is 9.15 Å². The van der Waals surface area contributed by atoms with E-state index in [-0.39, 0.29) is 12.5 Å². The largest absolute Gasteiger partial charge is 0.496 e. The Balaban J connectivity index is 1.63. The highest BCUT2D eigenvalue weighted by Crippen LogP contribution is 2.24. The van der Waals surface area contributed by atoms with Crippen LogP contribution in [-0.4, -0.2) is 28.2 Å². The summed E-state index contributed by atoms with van der Waals surface area (Å²) < 4.78 is 10.5. The summed E-state index contributed by atoms with van der Waals surface area (Å²) in [7, 11) is 1.60. The van der Waals surface area contributed by atoms with Crippen molar-refractivity contribution in [3.05, 3.63) is 60.1 Å². The molecule has 0 saturated carbocycles. The number of nitrogens with one attached hydrogen (secondary N) is 2. The molecule has 7 heteroatoms. The lowest BCUT2D eigenvalue weighted by molar-refractivity contribution is -0.116. The van der Waals surface area contributed by atoms with Crippen molar-refractivity contribution in [1.29, 1.82) is 0 Å². The van der Waals surface area contributed by atoms with Crippen LogP contribution in [-0.2, 0) is 11.3 Å². The van der Waals surface area contributed by atoms with Gasteiger partial charge < -0.3 is 14.5 Å². The number of hydrogen-bond donors (Lipinski definition) is 2. The summed E-state index contributed by atoms with van der Waals surface area (Å²) in [5.74, 6) is 2.07. The average molecular weight is 338 g/mol. The molecule has 0 aliphatic heterocycles. The molecule has 128 valence electrons. The molecular formula is C18H18N4O3. The number of carbonyl (C=O) groups is 1. The molecule has 3 rings (SSSR count). The van der Waals surface area contributed by atoms with Crippen molar-refractivity contribution in [2.45, 2.75) is 13.5 Å². The second-order valence-electron chi connectivity index (χ2n) is 5.33. The molecule has 0 radical (unpaired) electrons. The van der Waals surface area contributed by atoms with Crippen molar-refractivity contribution in [3.8, 4) is 17.3 Å². The Hall–Kier alpha value is -3.35. The molecule has 1 aromatic carbocycles. The number of furan rings is 1. The zero-order valence-electron chi connectivity index (χ0n) is 13.9. The number of aromatic nitrogens is 3. The van der Waals surface area contributed by atoms with Gasteiger partial charge in [-0.15, -0.1) is 5.10 Å². The molecule has 2 N–H and O–H groups in total. The third-order valence-electron chi connectivity index (χ3n) is 3.58. The third kappa shape index (κ3) is 3.95. The van der Waals surface area contributed by atoms with Crippen LogP contribution >= 0.6 is 0 Å². The molecule has 0 aliphatic carbocycles. The minimum atomic E-state index is -0.223. The first-order chi connectivity index (χ1) is 12.2. The smallest absolute Gasteiger partial charge is 0.244 e. The fraction of sp³-hybridized carbons (Fsp3) is 0.167. The Morgan fingerprint density at radius 3 is 2.92 bits per heavy atom.